The molecule has 0 radical (unpaired) electrons. The van der Waals surface area contributed by atoms with Crippen molar-refractivity contribution in [1.82, 2.24) is 19.8 Å². The number of aromatic nitrogens is 2. The number of nitrogens with one attached hydrogen (secondary N) is 2. The van der Waals surface area contributed by atoms with E-state index in [1.165, 1.54) is 21.0 Å². The highest BCUT2D eigenvalue weighted by atomic mass is 32.2. The number of H-pyrrole nitrogens is 1. The molecule has 1 aromatic rings. The normalized spacial score (nSPS) is 11.6. The van der Waals surface area contributed by atoms with Crippen molar-refractivity contribution in [1.29, 1.82) is 0 Å². The van der Waals surface area contributed by atoms with E-state index in [1.54, 1.807) is 0 Å². The molecule has 112 valence electrons. The molecule has 20 heavy (non-hydrogen) atoms. The van der Waals surface area contributed by atoms with Crippen LogP contribution in [0.3, 0.4) is 0 Å². The minimum Gasteiger partial charge on any atom is -0.476 e. The average Bonchev–Trinajstić information content (AvgIpc) is 2.77. The van der Waals surface area contributed by atoms with Gasteiger partial charge in [-0.1, -0.05) is 0 Å². The van der Waals surface area contributed by atoms with Crippen molar-refractivity contribution < 1.29 is 23.1 Å². The summed E-state index contributed by atoms with van der Waals surface area (Å²) in [7, 11) is -1.31. The second-order valence-corrected chi connectivity index (χ2v) is 6.06. The number of hydrogen-bond donors (Lipinski definition) is 3. The van der Waals surface area contributed by atoms with Gasteiger partial charge in [0.1, 0.15) is 4.90 Å². The minimum absolute atomic E-state index is 0.0223. The van der Waals surface area contributed by atoms with E-state index in [2.05, 4.69) is 15.5 Å². The monoisotopic (exact) mass is 304 g/mol. The molecule has 1 rings (SSSR count). The molecule has 1 aromatic heterocycles. The Hall–Kier alpha value is -1.94. The zero-order valence-electron chi connectivity index (χ0n) is 11.3. The number of amides is 1. The molecule has 1 amide bonds. The summed E-state index contributed by atoms with van der Waals surface area (Å²) >= 11 is 0. The summed E-state index contributed by atoms with van der Waals surface area (Å²) in [6.07, 6.45) is -0.0223. The van der Waals surface area contributed by atoms with Gasteiger partial charge in [-0.05, 0) is 6.92 Å². The quantitative estimate of drug-likeness (QED) is 0.628. The molecule has 0 atom stereocenters. The van der Waals surface area contributed by atoms with Crippen LogP contribution < -0.4 is 5.32 Å². The van der Waals surface area contributed by atoms with E-state index in [4.69, 9.17) is 5.11 Å². The van der Waals surface area contributed by atoms with Gasteiger partial charge in [0, 0.05) is 27.1 Å². The van der Waals surface area contributed by atoms with Crippen molar-refractivity contribution in [3.8, 4) is 0 Å². The molecule has 0 aliphatic rings. The fourth-order valence-electron chi connectivity index (χ4n) is 1.54. The summed E-state index contributed by atoms with van der Waals surface area (Å²) in [4.78, 5) is 21.7. The number of aromatic amines is 1. The Labute approximate surface area is 116 Å². The number of aromatic carboxylic acids is 1. The second-order valence-electron chi connectivity index (χ2n) is 4.08. The van der Waals surface area contributed by atoms with Crippen LogP contribution in [0, 0.1) is 6.92 Å². The van der Waals surface area contributed by atoms with Crippen LogP contribution in [0.2, 0.25) is 0 Å². The highest BCUT2D eigenvalue weighted by molar-refractivity contribution is 7.89. The van der Waals surface area contributed by atoms with Crippen molar-refractivity contribution >= 4 is 21.9 Å². The van der Waals surface area contributed by atoms with Crippen molar-refractivity contribution in [3.63, 3.8) is 0 Å². The summed E-state index contributed by atoms with van der Waals surface area (Å²) in [5.41, 5.74) is -0.427. The lowest BCUT2D eigenvalue weighted by Gasteiger charge is -2.16. The molecule has 0 fully saturated rings. The number of rotatable bonds is 6. The third-order valence-corrected chi connectivity index (χ3v) is 4.71. The molecule has 0 saturated heterocycles. The fraction of sp³-hybridized carbons (Fsp3) is 0.500. The van der Waals surface area contributed by atoms with E-state index < -0.39 is 21.7 Å². The maximum atomic E-state index is 12.3. The first-order chi connectivity index (χ1) is 9.21. The Morgan fingerprint density at radius 2 is 2.05 bits per heavy atom. The van der Waals surface area contributed by atoms with Gasteiger partial charge in [-0.15, -0.1) is 0 Å². The molecule has 10 heteroatoms. The Bertz CT molecular complexity index is 622. The lowest BCUT2D eigenvalue weighted by molar-refractivity contribution is -0.120. The van der Waals surface area contributed by atoms with E-state index >= 15 is 0 Å². The first-order valence-corrected chi connectivity index (χ1v) is 7.11. The van der Waals surface area contributed by atoms with Gasteiger partial charge in [0.2, 0.25) is 15.9 Å². The highest BCUT2D eigenvalue weighted by Gasteiger charge is 2.31. The molecule has 0 aliphatic carbocycles. The molecular formula is C10H16N4O5S. The van der Waals surface area contributed by atoms with Crippen molar-refractivity contribution in [2.75, 3.05) is 20.6 Å². The lowest BCUT2D eigenvalue weighted by Crippen LogP contribution is -2.32. The maximum absolute atomic E-state index is 12.3. The second kappa shape index (κ2) is 6.01. The number of aryl methyl sites for hydroxylation is 1. The van der Waals surface area contributed by atoms with E-state index in [0.29, 0.717) is 0 Å². The van der Waals surface area contributed by atoms with Gasteiger partial charge < -0.3 is 10.4 Å². The molecule has 0 saturated carbocycles. The van der Waals surface area contributed by atoms with Gasteiger partial charge in [-0.25, -0.2) is 17.5 Å². The largest absolute Gasteiger partial charge is 0.476 e. The van der Waals surface area contributed by atoms with Gasteiger partial charge in [0.05, 0.1) is 5.69 Å². The molecule has 3 N–H and O–H groups in total. The fourth-order valence-corrected chi connectivity index (χ4v) is 2.99. The highest BCUT2D eigenvalue weighted by Crippen LogP contribution is 2.21. The van der Waals surface area contributed by atoms with E-state index in [0.717, 1.165) is 4.31 Å². The molecule has 9 nitrogen and oxygen atoms in total. The summed E-state index contributed by atoms with van der Waals surface area (Å²) < 4.78 is 25.5. The zero-order valence-corrected chi connectivity index (χ0v) is 12.1. The summed E-state index contributed by atoms with van der Waals surface area (Å²) in [6, 6.07) is 0. The van der Waals surface area contributed by atoms with Crippen LogP contribution in [0.15, 0.2) is 4.90 Å². The van der Waals surface area contributed by atoms with Crippen LogP contribution in [0.4, 0.5) is 0 Å². The predicted octanol–water partition coefficient (Wildman–Crippen LogP) is -0.827. The van der Waals surface area contributed by atoms with E-state index in [9.17, 15) is 18.0 Å². The number of carbonyl (C=O) groups is 2. The smallest absolute Gasteiger partial charge is 0.357 e. The Morgan fingerprint density at radius 1 is 1.45 bits per heavy atom. The first-order valence-electron chi connectivity index (χ1n) is 5.67. The number of nitrogens with zero attached hydrogens (tertiary/aromatic N) is 2. The molecule has 0 bridgehead atoms. The number of carbonyl (C=O) groups excluding carboxylic acids is 1. The van der Waals surface area contributed by atoms with Gasteiger partial charge >= 0.3 is 5.97 Å². The summed E-state index contributed by atoms with van der Waals surface area (Å²) in [5.74, 6) is -1.75. The van der Waals surface area contributed by atoms with Crippen molar-refractivity contribution in [3.05, 3.63) is 11.4 Å². The van der Waals surface area contributed by atoms with Gasteiger partial charge in [0.15, 0.2) is 5.69 Å². The molecule has 0 unspecified atom stereocenters. The minimum atomic E-state index is -4.03. The summed E-state index contributed by atoms with van der Waals surface area (Å²) in [5, 5.41) is 17.1. The topological polar surface area (TPSA) is 132 Å². The summed E-state index contributed by atoms with van der Waals surface area (Å²) in [6.45, 7) is 1.35. The zero-order chi connectivity index (χ0) is 15.5. The Morgan fingerprint density at radius 3 is 2.55 bits per heavy atom. The van der Waals surface area contributed by atoms with Crippen LogP contribution in [0.25, 0.3) is 0 Å². The van der Waals surface area contributed by atoms with Crippen LogP contribution >= 0.6 is 0 Å². The predicted molar refractivity (Wildman–Crippen MR) is 68.8 cm³/mol. The number of sulfonamides is 1. The standard InChI is InChI=1S/C10H16N4O5S/c1-6-9(8(10(16)17)13-12-6)20(18,19)14(3)5-4-7(15)11-2/h4-5H2,1-3H3,(H,11,15)(H,12,13)(H,16,17). The van der Waals surface area contributed by atoms with Crippen LogP contribution in [-0.2, 0) is 14.8 Å². The maximum Gasteiger partial charge on any atom is 0.357 e. The van der Waals surface area contributed by atoms with Crippen LogP contribution in [-0.4, -0.2) is 60.5 Å². The van der Waals surface area contributed by atoms with Gasteiger partial charge in [-0.2, -0.15) is 5.10 Å². The molecule has 1 heterocycles. The molecular weight excluding hydrogens is 288 g/mol. The molecule has 0 spiro atoms. The molecule has 0 aliphatic heterocycles. The average molecular weight is 304 g/mol. The van der Waals surface area contributed by atoms with Gasteiger partial charge in [0.25, 0.3) is 0 Å². The number of hydrogen-bond acceptors (Lipinski definition) is 5. The SMILES string of the molecule is CNC(=O)CCN(C)S(=O)(=O)c1c(C(=O)O)n[nH]c1C. The van der Waals surface area contributed by atoms with Crippen molar-refractivity contribution in [2.24, 2.45) is 0 Å². The third-order valence-electron chi connectivity index (χ3n) is 2.69. The number of carboxylic acids is 1. The Kier molecular flexibility index (Phi) is 4.84. The van der Waals surface area contributed by atoms with Crippen LogP contribution in [0.1, 0.15) is 22.6 Å². The van der Waals surface area contributed by atoms with E-state index in [-0.39, 0.29) is 29.5 Å². The van der Waals surface area contributed by atoms with Crippen LogP contribution in [0.5, 0.6) is 0 Å². The van der Waals surface area contributed by atoms with Crippen molar-refractivity contribution in [2.45, 2.75) is 18.2 Å². The van der Waals surface area contributed by atoms with E-state index in [1.807, 2.05) is 0 Å². The number of carboxylic acid groups (broad SMARTS) is 1. The lowest BCUT2D eigenvalue weighted by atomic mass is 10.4. The third kappa shape index (κ3) is 3.14. The molecule has 0 aromatic carbocycles. The Balaban J connectivity index is 3.08. The first kappa shape index (κ1) is 16.1. The van der Waals surface area contributed by atoms with Gasteiger partial charge in [-0.3, -0.25) is 9.89 Å².